The van der Waals surface area contributed by atoms with E-state index >= 15 is 0 Å². The minimum Gasteiger partial charge on any atom is -0.380 e. The first-order chi connectivity index (χ1) is 9.94. The number of hydrogen-bond donors (Lipinski definition) is 1. The molecule has 1 aliphatic heterocycles. The minimum absolute atomic E-state index is 0.198. The van der Waals surface area contributed by atoms with Crippen LogP contribution < -0.4 is 10.2 Å². The first-order valence-corrected chi connectivity index (χ1v) is 8.33. The van der Waals surface area contributed by atoms with E-state index in [4.69, 9.17) is 0 Å². The Morgan fingerprint density at radius 2 is 2.19 bits per heavy atom. The van der Waals surface area contributed by atoms with Gasteiger partial charge in [0.15, 0.2) is 0 Å². The Balaban J connectivity index is 2.34. The molecule has 1 heterocycles. The molecule has 0 aromatic heterocycles. The predicted octanol–water partition coefficient (Wildman–Crippen LogP) is 3.75. The summed E-state index contributed by atoms with van der Waals surface area (Å²) in [5.74, 6) is 0.996. The van der Waals surface area contributed by atoms with Crippen LogP contribution in [-0.4, -0.2) is 35.1 Å². The van der Waals surface area contributed by atoms with E-state index in [1.165, 1.54) is 0 Å². The molecule has 0 spiro atoms. The van der Waals surface area contributed by atoms with Gasteiger partial charge in [0.2, 0.25) is 0 Å². The van der Waals surface area contributed by atoms with E-state index in [2.05, 4.69) is 24.1 Å². The van der Waals surface area contributed by atoms with Gasteiger partial charge in [-0.25, -0.2) is 0 Å². The zero-order chi connectivity index (χ0) is 15.5. The topological polar surface area (TPSA) is 58.4 Å². The lowest BCUT2D eigenvalue weighted by atomic mass is 10.1. The molecule has 0 atom stereocenters. The van der Waals surface area contributed by atoms with Crippen LogP contribution >= 0.6 is 11.8 Å². The van der Waals surface area contributed by atoms with Gasteiger partial charge in [0.1, 0.15) is 11.4 Å². The number of benzene rings is 1. The van der Waals surface area contributed by atoms with E-state index < -0.39 is 0 Å². The van der Waals surface area contributed by atoms with Crippen molar-refractivity contribution < 1.29 is 4.92 Å². The summed E-state index contributed by atoms with van der Waals surface area (Å²) in [5, 5.41) is 14.6. The molecule has 21 heavy (non-hydrogen) atoms. The lowest BCUT2D eigenvalue weighted by molar-refractivity contribution is -0.383. The SMILES string of the molecule is CCNc1cccc(N2CCSC(C)(C)CC2)c1[N+](=O)[O-]. The van der Waals surface area contributed by atoms with Gasteiger partial charge in [0.25, 0.3) is 0 Å². The van der Waals surface area contributed by atoms with Crippen molar-refractivity contribution >= 4 is 28.8 Å². The number of hydrogen-bond acceptors (Lipinski definition) is 5. The van der Waals surface area contributed by atoms with E-state index in [9.17, 15) is 10.1 Å². The molecule has 0 radical (unpaired) electrons. The lowest BCUT2D eigenvalue weighted by Crippen LogP contribution is -2.27. The van der Waals surface area contributed by atoms with Gasteiger partial charge >= 0.3 is 5.69 Å². The maximum atomic E-state index is 11.5. The highest BCUT2D eigenvalue weighted by Crippen LogP contribution is 2.38. The number of thioether (sulfide) groups is 1. The first-order valence-electron chi connectivity index (χ1n) is 7.35. The molecular formula is C15H23N3O2S. The van der Waals surface area contributed by atoms with E-state index in [0.717, 1.165) is 31.0 Å². The number of nitro groups is 1. The zero-order valence-corrected chi connectivity index (χ0v) is 13.7. The lowest BCUT2D eigenvalue weighted by Gasteiger charge is -2.24. The average Bonchev–Trinajstić information content (AvgIpc) is 2.59. The summed E-state index contributed by atoms with van der Waals surface area (Å²) in [4.78, 5) is 13.4. The number of anilines is 2. The molecule has 1 fully saturated rings. The Bertz CT molecular complexity index is 520. The Kier molecular flexibility index (Phi) is 4.98. The molecule has 2 rings (SSSR count). The van der Waals surface area contributed by atoms with Crippen LogP contribution in [-0.2, 0) is 0 Å². The van der Waals surface area contributed by atoms with E-state index in [-0.39, 0.29) is 15.4 Å². The number of nitro benzene ring substituents is 1. The van der Waals surface area contributed by atoms with Crippen molar-refractivity contribution in [3.63, 3.8) is 0 Å². The fraction of sp³-hybridized carbons (Fsp3) is 0.600. The maximum Gasteiger partial charge on any atom is 0.315 e. The number of nitrogens with zero attached hydrogens (tertiary/aromatic N) is 2. The summed E-state index contributed by atoms with van der Waals surface area (Å²) in [5.41, 5.74) is 1.54. The van der Waals surface area contributed by atoms with Crippen LogP contribution in [0.3, 0.4) is 0 Å². The second-order valence-corrected chi connectivity index (χ2v) is 7.61. The van der Waals surface area contributed by atoms with Crippen molar-refractivity contribution in [3.8, 4) is 0 Å². The average molecular weight is 309 g/mol. The van der Waals surface area contributed by atoms with Crippen LogP contribution in [0.5, 0.6) is 0 Å². The summed E-state index contributed by atoms with van der Waals surface area (Å²) < 4.78 is 0.239. The van der Waals surface area contributed by atoms with Crippen LogP contribution in [0.2, 0.25) is 0 Å². The van der Waals surface area contributed by atoms with Crippen molar-refractivity contribution in [2.45, 2.75) is 31.9 Å². The van der Waals surface area contributed by atoms with Gasteiger partial charge in [-0.15, -0.1) is 0 Å². The standard InChI is InChI=1S/C15H23N3O2S/c1-4-16-12-6-5-7-13(14(12)18(19)20)17-9-8-15(2,3)21-11-10-17/h5-7,16H,4,8-11H2,1-3H3. The highest BCUT2D eigenvalue weighted by atomic mass is 32.2. The Morgan fingerprint density at radius 1 is 1.43 bits per heavy atom. The van der Waals surface area contributed by atoms with Gasteiger partial charge in [0.05, 0.1) is 4.92 Å². The Labute approximate surface area is 130 Å². The van der Waals surface area contributed by atoms with Gasteiger partial charge in [-0.3, -0.25) is 10.1 Å². The normalized spacial score (nSPS) is 18.1. The molecule has 1 aromatic carbocycles. The molecule has 1 aliphatic rings. The fourth-order valence-electron chi connectivity index (χ4n) is 2.57. The van der Waals surface area contributed by atoms with E-state index in [0.29, 0.717) is 12.2 Å². The number of rotatable bonds is 4. The second-order valence-electron chi connectivity index (χ2n) is 5.81. The third-order valence-electron chi connectivity index (χ3n) is 3.74. The molecule has 0 saturated carbocycles. The minimum atomic E-state index is -0.267. The molecule has 0 unspecified atom stereocenters. The highest BCUT2D eigenvalue weighted by molar-refractivity contribution is 8.00. The molecule has 1 aromatic rings. The van der Waals surface area contributed by atoms with E-state index in [1.54, 1.807) is 6.07 Å². The summed E-state index contributed by atoms with van der Waals surface area (Å²) in [6, 6.07) is 5.53. The third-order valence-corrected chi connectivity index (χ3v) is 5.12. The monoisotopic (exact) mass is 309 g/mol. The van der Waals surface area contributed by atoms with Crippen molar-refractivity contribution in [1.82, 2.24) is 0 Å². The van der Waals surface area contributed by atoms with Crippen LogP contribution in [0, 0.1) is 10.1 Å². The van der Waals surface area contributed by atoms with E-state index in [1.807, 2.05) is 30.8 Å². The predicted molar refractivity (Wildman–Crippen MR) is 90.6 cm³/mol. The number of nitrogens with one attached hydrogen (secondary N) is 1. The highest BCUT2D eigenvalue weighted by Gasteiger charge is 2.28. The Hall–Kier alpha value is -1.43. The molecule has 1 N–H and O–H groups in total. The molecule has 116 valence electrons. The molecule has 0 bridgehead atoms. The van der Waals surface area contributed by atoms with Crippen LogP contribution in [0.15, 0.2) is 18.2 Å². The van der Waals surface area contributed by atoms with Crippen LogP contribution in [0.25, 0.3) is 0 Å². The summed E-state index contributed by atoms with van der Waals surface area (Å²) in [6.07, 6.45) is 1.03. The maximum absolute atomic E-state index is 11.5. The van der Waals surface area contributed by atoms with Crippen molar-refractivity contribution in [3.05, 3.63) is 28.3 Å². The molecule has 1 saturated heterocycles. The largest absolute Gasteiger partial charge is 0.380 e. The summed E-state index contributed by atoms with van der Waals surface area (Å²) >= 11 is 1.94. The number of para-hydroxylation sites is 1. The smallest absolute Gasteiger partial charge is 0.315 e. The molecule has 0 aliphatic carbocycles. The molecule has 6 heteroatoms. The van der Waals surface area contributed by atoms with Gasteiger partial charge in [-0.2, -0.15) is 11.8 Å². The quantitative estimate of drug-likeness (QED) is 0.678. The van der Waals surface area contributed by atoms with Crippen molar-refractivity contribution in [2.75, 3.05) is 35.6 Å². The van der Waals surface area contributed by atoms with Crippen LogP contribution in [0.1, 0.15) is 27.2 Å². The zero-order valence-electron chi connectivity index (χ0n) is 12.9. The third kappa shape index (κ3) is 3.81. The van der Waals surface area contributed by atoms with Crippen molar-refractivity contribution in [1.29, 1.82) is 0 Å². The van der Waals surface area contributed by atoms with Gasteiger partial charge in [-0.05, 0) is 25.5 Å². The summed E-state index contributed by atoms with van der Waals surface area (Å²) in [7, 11) is 0. The van der Waals surface area contributed by atoms with Crippen LogP contribution in [0.4, 0.5) is 17.1 Å². The molecular weight excluding hydrogens is 286 g/mol. The fourth-order valence-corrected chi connectivity index (χ4v) is 3.67. The molecule has 5 nitrogen and oxygen atoms in total. The van der Waals surface area contributed by atoms with Crippen molar-refractivity contribution in [2.24, 2.45) is 0 Å². The second kappa shape index (κ2) is 6.56. The Morgan fingerprint density at radius 3 is 2.86 bits per heavy atom. The van der Waals surface area contributed by atoms with Gasteiger partial charge < -0.3 is 10.2 Å². The van der Waals surface area contributed by atoms with Gasteiger partial charge in [-0.1, -0.05) is 19.9 Å². The van der Waals surface area contributed by atoms with Gasteiger partial charge in [0, 0.05) is 30.1 Å². The first kappa shape index (κ1) is 15.9. The summed E-state index contributed by atoms with van der Waals surface area (Å²) in [6.45, 7) is 8.81. The molecule has 0 amide bonds.